The molecule has 0 aromatic heterocycles. The van der Waals surface area contributed by atoms with Crippen LogP contribution in [0.3, 0.4) is 0 Å². The molecule has 4 heteroatoms. The van der Waals surface area contributed by atoms with Crippen molar-refractivity contribution < 1.29 is 4.79 Å². The van der Waals surface area contributed by atoms with Gasteiger partial charge in [-0.1, -0.05) is 46.3 Å². The molecule has 0 atom stereocenters. The van der Waals surface area contributed by atoms with Gasteiger partial charge >= 0.3 is 6.03 Å². The summed E-state index contributed by atoms with van der Waals surface area (Å²) in [5, 5.41) is 2.74. The molecule has 1 N–H and O–H groups in total. The van der Waals surface area contributed by atoms with Gasteiger partial charge in [0.1, 0.15) is 0 Å². The number of nitrogens with one attached hydrogen (secondary N) is 1. The zero-order chi connectivity index (χ0) is 14.4. The number of hydrogen-bond acceptors (Lipinski definition) is 1. The Labute approximate surface area is 127 Å². The van der Waals surface area contributed by atoms with E-state index in [-0.39, 0.29) is 6.03 Å². The summed E-state index contributed by atoms with van der Waals surface area (Å²) in [5.41, 5.74) is 1.86. The van der Waals surface area contributed by atoms with Crippen molar-refractivity contribution in [1.82, 2.24) is 5.32 Å². The number of carbonyl (C=O) groups excluding carboxylic acids is 1. The third-order valence-corrected chi connectivity index (χ3v) is 3.27. The molecule has 2 aromatic rings. The summed E-state index contributed by atoms with van der Waals surface area (Å²) < 4.78 is 1.01. The second kappa shape index (κ2) is 6.91. The molecule has 0 saturated carbocycles. The lowest BCUT2D eigenvalue weighted by Crippen LogP contribution is -2.34. The largest absolute Gasteiger partial charge is 0.325 e. The molecule has 0 bridgehead atoms. The molecule has 3 nitrogen and oxygen atoms in total. The van der Waals surface area contributed by atoms with Crippen molar-refractivity contribution in [3.05, 3.63) is 70.8 Å². The molecule has 2 amide bonds. The summed E-state index contributed by atoms with van der Waals surface area (Å²) in [4.78, 5) is 13.5. The third-order valence-electron chi connectivity index (χ3n) is 2.78. The van der Waals surface area contributed by atoms with Gasteiger partial charge in [-0.3, -0.25) is 4.90 Å². The summed E-state index contributed by atoms with van der Waals surface area (Å²) in [7, 11) is 1.73. The lowest BCUT2D eigenvalue weighted by Gasteiger charge is -2.16. The highest BCUT2D eigenvalue weighted by molar-refractivity contribution is 9.10. The lowest BCUT2D eigenvalue weighted by molar-refractivity contribution is 0.250. The summed E-state index contributed by atoms with van der Waals surface area (Å²) in [6.07, 6.45) is 3.49. The highest BCUT2D eigenvalue weighted by Crippen LogP contribution is 2.13. The first-order chi connectivity index (χ1) is 9.66. The van der Waals surface area contributed by atoms with Crippen LogP contribution in [0.5, 0.6) is 0 Å². The number of rotatable bonds is 3. The van der Waals surface area contributed by atoms with E-state index in [9.17, 15) is 4.79 Å². The van der Waals surface area contributed by atoms with E-state index in [0.29, 0.717) is 0 Å². The maximum Gasteiger partial charge on any atom is 0.325 e. The van der Waals surface area contributed by atoms with Crippen molar-refractivity contribution in [2.45, 2.75) is 0 Å². The molecular weight excluding hydrogens is 316 g/mol. The molecule has 102 valence electrons. The van der Waals surface area contributed by atoms with Crippen molar-refractivity contribution in [2.24, 2.45) is 0 Å². The van der Waals surface area contributed by atoms with Crippen LogP contribution in [-0.4, -0.2) is 13.1 Å². The van der Waals surface area contributed by atoms with E-state index in [0.717, 1.165) is 15.7 Å². The van der Waals surface area contributed by atoms with Crippen LogP contribution >= 0.6 is 15.9 Å². The number of urea groups is 1. The van der Waals surface area contributed by atoms with E-state index in [1.807, 2.05) is 60.7 Å². The van der Waals surface area contributed by atoms with E-state index < -0.39 is 0 Å². The van der Waals surface area contributed by atoms with Gasteiger partial charge in [0.15, 0.2) is 0 Å². The molecule has 2 rings (SSSR count). The number of hydrogen-bond donors (Lipinski definition) is 1. The van der Waals surface area contributed by atoms with Gasteiger partial charge in [0.2, 0.25) is 0 Å². The first-order valence-corrected chi connectivity index (χ1v) is 6.97. The highest BCUT2D eigenvalue weighted by Gasteiger charge is 2.07. The maximum absolute atomic E-state index is 12.0. The second-order valence-electron chi connectivity index (χ2n) is 4.23. The van der Waals surface area contributed by atoms with E-state index in [1.54, 1.807) is 18.1 Å². The molecule has 0 fully saturated rings. The van der Waals surface area contributed by atoms with Gasteiger partial charge in [0, 0.05) is 23.4 Å². The van der Waals surface area contributed by atoms with Crippen molar-refractivity contribution in [3.63, 3.8) is 0 Å². The van der Waals surface area contributed by atoms with Crippen LogP contribution in [0.2, 0.25) is 0 Å². The number of amides is 2. The normalized spacial score (nSPS) is 10.5. The molecule has 0 aliphatic carbocycles. The van der Waals surface area contributed by atoms with Crippen LogP contribution in [0.1, 0.15) is 5.56 Å². The SMILES string of the molecule is CN(C(=O)N/C=C/c1cccc(Br)c1)c1ccccc1. The summed E-state index contributed by atoms with van der Waals surface area (Å²) in [6, 6.07) is 17.2. The first kappa shape index (κ1) is 14.3. The van der Waals surface area contributed by atoms with Gasteiger partial charge in [-0.15, -0.1) is 0 Å². The number of carbonyl (C=O) groups is 1. The fraction of sp³-hybridized carbons (Fsp3) is 0.0625. The van der Waals surface area contributed by atoms with Crippen molar-refractivity contribution in [1.29, 1.82) is 0 Å². The van der Waals surface area contributed by atoms with Crippen molar-refractivity contribution in [2.75, 3.05) is 11.9 Å². The first-order valence-electron chi connectivity index (χ1n) is 6.18. The fourth-order valence-electron chi connectivity index (χ4n) is 1.69. The summed E-state index contributed by atoms with van der Waals surface area (Å²) in [6.45, 7) is 0. The van der Waals surface area contributed by atoms with Crippen LogP contribution in [0.25, 0.3) is 6.08 Å². The Balaban J connectivity index is 1.95. The zero-order valence-corrected chi connectivity index (χ0v) is 12.7. The van der Waals surface area contributed by atoms with E-state index >= 15 is 0 Å². The molecule has 0 aliphatic rings. The number of anilines is 1. The van der Waals surface area contributed by atoms with E-state index in [2.05, 4.69) is 21.2 Å². The second-order valence-corrected chi connectivity index (χ2v) is 5.15. The quantitative estimate of drug-likeness (QED) is 0.895. The predicted octanol–water partition coefficient (Wildman–Crippen LogP) is 4.27. The minimum absolute atomic E-state index is 0.178. The standard InChI is InChI=1S/C16H15BrN2O/c1-19(15-8-3-2-4-9-15)16(20)18-11-10-13-6-5-7-14(17)12-13/h2-12H,1H3,(H,18,20)/b11-10+. The smallest absolute Gasteiger partial charge is 0.314 e. The Bertz CT molecular complexity index is 611. The van der Waals surface area contributed by atoms with Crippen molar-refractivity contribution in [3.8, 4) is 0 Å². The number of nitrogens with zero attached hydrogens (tertiary/aromatic N) is 1. The topological polar surface area (TPSA) is 32.3 Å². The van der Waals surface area contributed by atoms with Crippen LogP contribution in [0, 0.1) is 0 Å². The van der Waals surface area contributed by atoms with Gasteiger partial charge in [0.25, 0.3) is 0 Å². The van der Waals surface area contributed by atoms with Gasteiger partial charge in [-0.2, -0.15) is 0 Å². The Morgan fingerprint density at radius 3 is 2.60 bits per heavy atom. The van der Waals surface area contributed by atoms with Crippen LogP contribution in [0.15, 0.2) is 65.3 Å². The molecule has 0 aliphatic heterocycles. The van der Waals surface area contributed by atoms with Gasteiger partial charge in [-0.25, -0.2) is 4.79 Å². The monoisotopic (exact) mass is 330 g/mol. The third kappa shape index (κ3) is 3.96. The fourth-order valence-corrected chi connectivity index (χ4v) is 2.10. The van der Waals surface area contributed by atoms with Crippen molar-refractivity contribution >= 4 is 33.7 Å². The van der Waals surface area contributed by atoms with E-state index in [4.69, 9.17) is 0 Å². The minimum atomic E-state index is -0.178. The Morgan fingerprint density at radius 2 is 1.90 bits per heavy atom. The van der Waals surface area contributed by atoms with E-state index in [1.165, 1.54) is 0 Å². The lowest BCUT2D eigenvalue weighted by atomic mass is 10.2. The van der Waals surface area contributed by atoms with Gasteiger partial charge < -0.3 is 5.32 Å². The molecule has 20 heavy (non-hydrogen) atoms. The molecular formula is C16H15BrN2O. The molecule has 0 heterocycles. The summed E-state index contributed by atoms with van der Waals surface area (Å²) in [5.74, 6) is 0. The molecule has 0 spiro atoms. The van der Waals surface area contributed by atoms with Crippen LogP contribution in [0.4, 0.5) is 10.5 Å². The number of benzene rings is 2. The summed E-state index contributed by atoms with van der Waals surface area (Å²) >= 11 is 3.41. The molecule has 0 saturated heterocycles. The zero-order valence-electron chi connectivity index (χ0n) is 11.1. The van der Waals surface area contributed by atoms with Gasteiger partial charge in [0.05, 0.1) is 0 Å². The number of halogens is 1. The molecule has 2 aromatic carbocycles. The van der Waals surface area contributed by atoms with Gasteiger partial charge in [-0.05, 0) is 35.9 Å². The Kier molecular flexibility index (Phi) is 4.96. The average molecular weight is 331 g/mol. The Hall–Kier alpha value is -2.07. The molecule has 0 radical (unpaired) electrons. The maximum atomic E-state index is 12.0. The average Bonchev–Trinajstić information content (AvgIpc) is 2.47. The minimum Gasteiger partial charge on any atom is -0.314 e. The van der Waals surface area contributed by atoms with Crippen LogP contribution < -0.4 is 10.2 Å². The predicted molar refractivity (Wildman–Crippen MR) is 86.6 cm³/mol. The Morgan fingerprint density at radius 1 is 1.15 bits per heavy atom. The number of para-hydroxylation sites is 1. The van der Waals surface area contributed by atoms with Crippen LogP contribution in [-0.2, 0) is 0 Å². The molecule has 0 unspecified atom stereocenters. The highest BCUT2D eigenvalue weighted by atomic mass is 79.9.